The molecule has 0 aromatic carbocycles. The highest BCUT2D eigenvalue weighted by Crippen LogP contribution is 2.13. The van der Waals surface area contributed by atoms with Crippen molar-refractivity contribution < 1.29 is 28.6 Å². The predicted octanol–water partition coefficient (Wildman–Crippen LogP) is 16.4. The van der Waals surface area contributed by atoms with Gasteiger partial charge in [-0.05, 0) is 103 Å². The molecule has 0 saturated carbocycles. The number of esters is 3. The highest BCUT2D eigenvalue weighted by atomic mass is 16.6. The number of rotatable bonds is 44. The Morgan fingerprint density at radius 1 is 0.344 bits per heavy atom. The van der Waals surface area contributed by atoms with Crippen LogP contribution in [0.5, 0.6) is 0 Å². The van der Waals surface area contributed by atoms with Crippen LogP contribution in [-0.2, 0) is 28.6 Å². The maximum atomic E-state index is 12.7. The molecule has 0 aliphatic carbocycles. The highest BCUT2D eigenvalue weighted by Gasteiger charge is 2.19. The van der Waals surface area contributed by atoms with E-state index in [1.165, 1.54) is 51.4 Å². The summed E-state index contributed by atoms with van der Waals surface area (Å²) in [6, 6.07) is 0. The third-order valence-corrected chi connectivity index (χ3v) is 10.3. The molecule has 348 valence electrons. The van der Waals surface area contributed by atoms with Gasteiger partial charge in [-0.15, -0.1) is 0 Å². The molecule has 61 heavy (non-hydrogen) atoms. The Morgan fingerprint density at radius 3 is 1.02 bits per heavy atom. The van der Waals surface area contributed by atoms with Crippen molar-refractivity contribution in [2.75, 3.05) is 13.2 Å². The Bertz CT molecular complexity index is 1200. The minimum Gasteiger partial charge on any atom is -0.462 e. The molecule has 0 spiro atoms. The first-order chi connectivity index (χ1) is 30.0. The standard InChI is InChI=1S/C55H92O6/c1-4-7-10-13-16-19-22-23-24-25-26-27-28-29-30-31-32-33-34-37-39-42-45-48-54(57)60-51-52(61-55(58)49-46-43-40-36-21-18-15-12-9-6-3)50-59-53(56)47-44-41-38-35-20-17-14-11-8-5-2/h7,10-12,14-16,19,23-24,26-27,29-30,52H,4-6,8-9,13,17-18,20-22,25,28,31-51H2,1-3H3/b10-7-,14-11-,15-12-,19-16-,24-23-,27-26-,30-29-. The van der Waals surface area contributed by atoms with Crippen LogP contribution in [0.4, 0.5) is 0 Å². The van der Waals surface area contributed by atoms with Crippen molar-refractivity contribution in [2.24, 2.45) is 0 Å². The van der Waals surface area contributed by atoms with Gasteiger partial charge in [-0.25, -0.2) is 0 Å². The summed E-state index contributed by atoms with van der Waals surface area (Å²) in [6.07, 6.45) is 62.9. The quantitative estimate of drug-likeness (QED) is 0.0263. The average molecular weight is 849 g/mol. The van der Waals surface area contributed by atoms with Crippen molar-refractivity contribution in [2.45, 2.75) is 232 Å². The molecule has 0 radical (unpaired) electrons. The Hall–Kier alpha value is -3.41. The SMILES string of the molecule is CC/C=C\C/C=C\C/C=C\C/C=C\C/C=C\CCCCCCCCCC(=O)OCC(COC(=O)CCCCCCC/C=C\CCC)OC(=O)CCCCCCC/C=C\CCC. The molecular formula is C55H92O6. The third kappa shape index (κ3) is 47.5. The lowest BCUT2D eigenvalue weighted by molar-refractivity contribution is -0.167. The lowest BCUT2D eigenvalue weighted by Crippen LogP contribution is -2.30. The summed E-state index contributed by atoms with van der Waals surface area (Å²) in [5.41, 5.74) is 0. The van der Waals surface area contributed by atoms with Crippen molar-refractivity contribution in [1.29, 1.82) is 0 Å². The Labute approximate surface area is 375 Å². The summed E-state index contributed by atoms with van der Waals surface area (Å²) < 4.78 is 16.7. The fourth-order valence-corrected chi connectivity index (χ4v) is 6.59. The lowest BCUT2D eigenvalue weighted by Gasteiger charge is -2.18. The van der Waals surface area contributed by atoms with Gasteiger partial charge in [0.1, 0.15) is 13.2 Å². The Balaban J connectivity index is 4.28. The smallest absolute Gasteiger partial charge is 0.306 e. The van der Waals surface area contributed by atoms with Crippen LogP contribution in [0.15, 0.2) is 85.1 Å². The van der Waals surface area contributed by atoms with Gasteiger partial charge in [-0.3, -0.25) is 14.4 Å². The fraction of sp³-hybridized carbons (Fsp3) is 0.691. The molecule has 0 aromatic heterocycles. The summed E-state index contributed by atoms with van der Waals surface area (Å²) in [6.45, 7) is 6.36. The molecule has 0 heterocycles. The van der Waals surface area contributed by atoms with Crippen molar-refractivity contribution >= 4 is 17.9 Å². The molecular weight excluding hydrogens is 757 g/mol. The van der Waals surface area contributed by atoms with E-state index < -0.39 is 6.10 Å². The summed E-state index contributed by atoms with van der Waals surface area (Å²) in [7, 11) is 0. The predicted molar refractivity (Wildman–Crippen MR) is 261 cm³/mol. The van der Waals surface area contributed by atoms with Crippen molar-refractivity contribution in [3.63, 3.8) is 0 Å². The lowest BCUT2D eigenvalue weighted by atomic mass is 10.1. The first-order valence-electron chi connectivity index (χ1n) is 25.1. The number of allylic oxidation sites excluding steroid dienone is 14. The van der Waals surface area contributed by atoms with Crippen LogP contribution in [0, 0.1) is 0 Å². The maximum absolute atomic E-state index is 12.7. The van der Waals surface area contributed by atoms with Gasteiger partial charge in [-0.1, -0.05) is 189 Å². The summed E-state index contributed by atoms with van der Waals surface area (Å²) in [5.74, 6) is -0.926. The van der Waals surface area contributed by atoms with E-state index >= 15 is 0 Å². The first kappa shape index (κ1) is 57.6. The van der Waals surface area contributed by atoms with E-state index in [9.17, 15) is 14.4 Å². The molecule has 1 atom stereocenters. The second-order valence-electron chi connectivity index (χ2n) is 16.3. The van der Waals surface area contributed by atoms with Gasteiger partial charge in [0.2, 0.25) is 0 Å². The van der Waals surface area contributed by atoms with Gasteiger partial charge in [0.25, 0.3) is 0 Å². The van der Waals surface area contributed by atoms with Gasteiger partial charge < -0.3 is 14.2 Å². The van der Waals surface area contributed by atoms with E-state index in [1.807, 2.05) is 0 Å². The summed E-state index contributed by atoms with van der Waals surface area (Å²) in [4.78, 5) is 37.8. The number of unbranched alkanes of at least 4 members (excludes halogenated alkanes) is 19. The average Bonchev–Trinajstić information content (AvgIpc) is 3.26. The topological polar surface area (TPSA) is 78.9 Å². The van der Waals surface area contributed by atoms with Crippen LogP contribution in [0.3, 0.4) is 0 Å². The second-order valence-corrected chi connectivity index (χ2v) is 16.3. The van der Waals surface area contributed by atoms with Crippen LogP contribution in [0.25, 0.3) is 0 Å². The van der Waals surface area contributed by atoms with E-state index in [0.717, 1.165) is 135 Å². The van der Waals surface area contributed by atoms with Crippen molar-refractivity contribution in [3.8, 4) is 0 Å². The zero-order valence-corrected chi connectivity index (χ0v) is 39.7. The van der Waals surface area contributed by atoms with Gasteiger partial charge in [-0.2, -0.15) is 0 Å². The van der Waals surface area contributed by atoms with Gasteiger partial charge in [0.05, 0.1) is 0 Å². The van der Waals surface area contributed by atoms with Gasteiger partial charge in [0.15, 0.2) is 6.10 Å². The molecule has 6 heteroatoms. The van der Waals surface area contributed by atoms with Gasteiger partial charge >= 0.3 is 17.9 Å². The van der Waals surface area contributed by atoms with E-state index in [1.54, 1.807) is 0 Å². The molecule has 0 aliphatic rings. The number of ether oxygens (including phenoxy) is 3. The van der Waals surface area contributed by atoms with Crippen LogP contribution < -0.4 is 0 Å². The Morgan fingerprint density at radius 2 is 0.639 bits per heavy atom. The summed E-state index contributed by atoms with van der Waals surface area (Å²) in [5, 5.41) is 0. The summed E-state index contributed by atoms with van der Waals surface area (Å²) >= 11 is 0. The first-order valence-corrected chi connectivity index (χ1v) is 25.1. The highest BCUT2D eigenvalue weighted by molar-refractivity contribution is 5.71. The minimum atomic E-state index is -0.786. The van der Waals surface area contributed by atoms with E-state index in [2.05, 4.69) is 106 Å². The number of hydrogen-bond donors (Lipinski definition) is 0. The molecule has 6 nitrogen and oxygen atoms in total. The van der Waals surface area contributed by atoms with Crippen LogP contribution >= 0.6 is 0 Å². The monoisotopic (exact) mass is 849 g/mol. The van der Waals surface area contributed by atoms with E-state index in [0.29, 0.717) is 19.3 Å². The van der Waals surface area contributed by atoms with Crippen molar-refractivity contribution in [3.05, 3.63) is 85.1 Å². The molecule has 1 unspecified atom stereocenters. The van der Waals surface area contributed by atoms with Crippen LogP contribution in [0.1, 0.15) is 226 Å². The maximum Gasteiger partial charge on any atom is 0.306 e. The number of carbonyl (C=O) groups is 3. The molecule has 0 bridgehead atoms. The third-order valence-electron chi connectivity index (χ3n) is 10.3. The zero-order valence-electron chi connectivity index (χ0n) is 39.7. The zero-order chi connectivity index (χ0) is 44.4. The Kier molecular flexibility index (Phi) is 46.5. The molecule has 0 aromatic rings. The van der Waals surface area contributed by atoms with E-state index in [4.69, 9.17) is 14.2 Å². The number of carbonyl (C=O) groups excluding carboxylic acids is 3. The van der Waals surface area contributed by atoms with Crippen molar-refractivity contribution in [1.82, 2.24) is 0 Å². The van der Waals surface area contributed by atoms with E-state index in [-0.39, 0.29) is 31.1 Å². The molecule has 0 N–H and O–H groups in total. The van der Waals surface area contributed by atoms with Crippen LogP contribution in [-0.4, -0.2) is 37.2 Å². The molecule has 0 fully saturated rings. The number of hydrogen-bond acceptors (Lipinski definition) is 6. The molecule has 0 saturated heterocycles. The van der Waals surface area contributed by atoms with Crippen LogP contribution in [0.2, 0.25) is 0 Å². The molecule has 0 amide bonds. The second kappa shape index (κ2) is 49.2. The molecule has 0 aliphatic heterocycles. The largest absolute Gasteiger partial charge is 0.462 e. The minimum absolute atomic E-state index is 0.0887. The van der Waals surface area contributed by atoms with Gasteiger partial charge in [0, 0.05) is 19.3 Å². The fourth-order valence-electron chi connectivity index (χ4n) is 6.59. The normalized spacial score (nSPS) is 12.8. The molecule has 0 rings (SSSR count).